The van der Waals surface area contributed by atoms with E-state index in [0.29, 0.717) is 5.75 Å². The Bertz CT molecular complexity index is 584. The van der Waals surface area contributed by atoms with Gasteiger partial charge in [0.1, 0.15) is 5.75 Å². The molecule has 0 unspecified atom stereocenters. The highest BCUT2D eigenvalue weighted by atomic mass is 127. The summed E-state index contributed by atoms with van der Waals surface area (Å²) in [5.41, 5.74) is 1.91. The lowest BCUT2D eigenvalue weighted by Crippen LogP contribution is -2.20. The van der Waals surface area contributed by atoms with Gasteiger partial charge in [0.25, 0.3) is 5.91 Å². The number of carbonyl (C=O) groups excluding carboxylic acids is 1. The fourth-order valence-corrected chi connectivity index (χ4v) is 2.13. The molecule has 2 rings (SSSR count). The number of anilines is 1. The molecular formula is C15H14INO2. The van der Waals surface area contributed by atoms with Gasteiger partial charge in [-0.25, -0.2) is 0 Å². The third-order valence-corrected chi connectivity index (χ3v) is 3.45. The molecule has 0 saturated heterocycles. The Kier molecular flexibility index (Phi) is 4.79. The number of nitrogens with one attached hydrogen (secondary N) is 1. The molecule has 0 atom stereocenters. The molecule has 4 heteroatoms. The molecule has 2 aromatic carbocycles. The number of halogens is 1. The Labute approximate surface area is 126 Å². The first-order valence-corrected chi connectivity index (χ1v) is 6.97. The van der Waals surface area contributed by atoms with Crippen molar-refractivity contribution < 1.29 is 9.53 Å². The highest BCUT2D eigenvalue weighted by molar-refractivity contribution is 14.1. The molecular weight excluding hydrogens is 353 g/mol. The zero-order chi connectivity index (χ0) is 13.7. The zero-order valence-electron chi connectivity index (χ0n) is 10.5. The van der Waals surface area contributed by atoms with Crippen molar-refractivity contribution in [1.29, 1.82) is 0 Å². The summed E-state index contributed by atoms with van der Waals surface area (Å²) in [5, 5.41) is 2.82. The van der Waals surface area contributed by atoms with Gasteiger partial charge in [0, 0.05) is 3.57 Å². The summed E-state index contributed by atoms with van der Waals surface area (Å²) in [6, 6.07) is 15.3. The number of amides is 1. The van der Waals surface area contributed by atoms with Crippen LogP contribution in [0.5, 0.6) is 5.75 Å². The van der Waals surface area contributed by atoms with Crippen molar-refractivity contribution in [2.45, 2.75) is 6.92 Å². The maximum absolute atomic E-state index is 11.8. The van der Waals surface area contributed by atoms with E-state index in [4.69, 9.17) is 4.74 Å². The van der Waals surface area contributed by atoms with Gasteiger partial charge in [0.05, 0.1) is 5.69 Å². The Morgan fingerprint density at radius 1 is 1.21 bits per heavy atom. The van der Waals surface area contributed by atoms with E-state index in [1.54, 1.807) is 0 Å². The van der Waals surface area contributed by atoms with Gasteiger partial charge in [-0.05, 0) is 59.3 Å². The molecule has 1 amide bonds. The first-order valence-electron chi connectivity index (χ1n) is 5.89. The molecule has 0 aromatic heterocycles. The molecule has 98 valence electrons. The van der Waals surface area contributed by atoms with Crippen molar-refractivity contribution in [2.75, 3.05) is 11.9 Å². The third kappa shape index (κ3) is 4.24. The quantitative estimate of drug-likeness (QED) is 0.839. The second-order valence-electron chi connectivity index (χ2n) is 4.13. The maximum Gasteiger partial charge on any atom is 0.262 e. The monoisotopic (exact) mass is 367 g/mol. The van der Waals surface area contributed by atoms with Crippen LogP contribution in [0.2, 0.25) is 0 Å². The summed E-state index contributed by atoms with van der Waals surface area (Å²) >= 11 is 2.18. The lowest BCUT2D eigenvalue weighted by Gasteiger charge is -2.09. The fraction of sp³-hybridized carbons (Fsp3) is 0.133. The van der Waals surface area contributed by atoms with Crippen LogP contribution in [0, 0.1) is 10.5 Å². The maximum atomic E-state index is 11.8. The molecule has 0 saturated carbocycles. The van der Waals surface area contributed by atoms with Gasteiger partial charge in [0.15, 0.2) is 6.61 Å². The summed E-state index contributed by atoms with van der Waals surface area (Å²) in [7, 11) is 0. The number of hydrogen-bond donors (Lipinski definition) is 1. The molecule has 2 aromatic rings. The van der Waals surface area contributed by atoms with Crippen LogP contribution in [-0.4, -0.2) is 12.5 Å². The molecule has 0 bridgehead atoms. The zero-order valence-corrected chi connectivity index (χ0v) is 12.7. The number of carbonyl (C=O) groups is 1. The largest absolute Gasteiger partial charge is 0.484 e. The first-order chi connectivity index (χ1) is 9.15. The number of aryl methyl sites for hydroxylation is 1. The Morgan fingerprint density at radius 2 is 2.00 bits per heavy atom. The molecule has 3 nitrogen and oxygen atoms in total. The molecule has 0 aliphatic carbocycles. The van der Waals surface area contributed by atoms with E-state index in [1.165, 1.54) is 0 Å². The van der Waals surface area contributed by atoms with Gasteiger partial charge < -0.3 is 10.1 Å². The topological polar surface area (TPSA) is 38.3 Å². The van der Waals surface area contributed by atoms with Gasteiger partial charge in [-0.3, -0.25) is 4.79 Å². The minimum Gasteiger partial charge on any atom is -0.484 e. The number of ether oxygens (including phenoxy) is 1. The Morgan fingerprint density at radius 3 is 2.74 bits per heavy atom. The molecule has 0 fully saturated rings. The van der Waals surface area contributed by atoms with Crippen molar-refractivity contribution in [1.82, 2.24) is 0 Å². The van der Waals surface area contributed by atoms with Gasteiger partial charge >= 0.3 is 0 Å². The van der Waals surface area contributed by atoms with Gasteiger partial charge in [0.2, 0.25) is 0 Å². The lowest BCUT2D eigenvalue weighted by atomic mass is 10.2. The lowest BCUT2D eigenvalue weighted by molar-refractivity contribution is -0.118. The van der Waals surface area contributed by atoms with E-state index < -0.39 is 0 Å². The van der Waals surface area contributed by atoms with E-state index in [9.17, 15) is 4.79 Å². The van der Waals surface area contributed by atoms with Crippen molar-refractivity contribution in [2.24, 2.45) is 0 Å². The van der Waals surface area contributed by atoms with Crippen molar-refractivity contribution in [3.05, 3.63) is 57.7 Å². The van der Waals surface area contributed by atoms with Gasteiger partial charge in [-0.2, -0.15) is 0 Å². The molecule has 0 heterocycles. The fourth-order valence-electron chi connectivity index (χ4n) is 1.60. The third-order valence-electron chi connectivity index (χ3n) is 2.51. The van der Waals surface area contributed by atoms with Gasteiger partial charge in [-0.1, -0.05) is 24.3 Å². The first kappa shape index (κ1) is 13.9. The SMILES string of the molecule is Cc1cccc(OCC(=O)Nc2ccccc2I)c1. The predicted molar refractivity (Wildman–Crippen MR) is 84.5 cm³/mol. The molecule has 1 N–H and O–H groups in total. The number of hydrogen-bond acceptors (Lipinski definition) is 2. The van der Waals surface area contributed by atoms with Gasteiger partial charge in [-0.15, -0.1) is 0 Å². The minimum absolute atomic E-state index is 0.00836. The highest BCUT2D eigenvalue weighted by Crippen LogP contribution is 2.17. The molecule has 0 aliphatic rings. The van der Waals surface area contributed by atoms with Crippen LogP contribution in [0.1, 0.15) is 5.56 Å². The van der Waals surface area contributed by atoms with Crippen LogP contribution in [0.3, 0.4) is 0 Å². The van der Waals surface area contributed by atoms with Crippen LogP contribution in [0.15, 0.2) is 48.5 Å². The number of benzene rings is 2. The van der Waals surface area contributed by atoms with Crippen LogP contribution < -0.4 is 10.1 Å². The van der Waals surface area contributed by atoms with Crippen LogP contribution in [0.25, 0.3) is 0 Å². The Balaban J connectivity index is 1.90. The predicted octanol–water partition coefficient (Wildman–Crippen LogP) is 3.62. The normalized spacial score (nSPS) is 10.0. The van der Waals surface area contributed by atoms with E-state index >= 15 is 0 Å². The molecule has 0 spiro atoms. The Hall–Kier alpha value is -1.56. The van der Waals surface area contributed by atoms with E-state index in [1.807, 2.05) is 55.5 Å². The van der Waals surface area contributed by atoms with E-state index in [2.05, 4.69) is 27.9 Å². The number of para-hydroxylation sites is 1. The number of rotatable bonds is 4. The summed E-state index contributed by atoms with van der Waals surface area (Å²) in [5.74, 6) is 0.545. The van der Waals surface area contributed by atoms with Crippen molar-refractivity contribution in [3.63, 3.8) is 0 Å². The van der Waals surface area contributed by atoms with E-state index in [0.717, 1.165) is 14.8 Å². The summed E-state index contributed by atoms with van der Waals surface area (Å²) in [6.07, 6.45) is 0. The van der Waals surface area contributed by atoms with E-state index in [-0.39, 0.29) is 12.5 Å². The molecule has 0 aliphatic heterocycles. The van der Waals surface area contributed by atoms with Crippen LogP contribution >= 0.6 is 22.6 Å². The van der Waals surface area contributed by atoms with Crippen molar-refractivity contribution in [3.8, 4) is 5.75 Å². The molecule has 19 heavy (non-hydrogen) atoms. The second kappa shape index (κ2) is 6.56. The minimum atomic E-state index is -0.161. The average Bonchev–Trinajstić information content (AvgIpc) is 2.39. The highest BCUT2D eigenvalue weighted by Gasteiger charge is 2.05. The summed E-state index contributed by atoms with van der Waals surface area (Å²) in [4.78, 5) is 11.8. The second-order valence-corrected chi connectivity index (χ2v) is 5.30. The van der Waals surface area contributed by atoms with Crippen LogP contribution in [-0.2, 0) is 4.79 Å². The average molecular weight is 367 g/mol. The summed E-state index contributed by atoms with van der Waals surface area (Å²) in [6.45, 7) is 1.99. The smallest absolute Gasteiger partial charge is 0.262 e. The molecule has 0 radical (unpaired) electrons. The summed E-state index contributed by atoms with van der Waals surface area (Å²) < 4.78 is 6.45. The van der Waals surface area contributed by atoms with Crippen LogP contribution in [0.4, 0.5) is 5.69 Å². The standard InChI is InChI=1S/C15H14INO2/c1-11-5-4-6-12(9-11)19-10-15(18)17-14-8-3-2-7-13(14)16/h2-9H,10H2,1H3,(H,17,18). The van der Waals surface area contributed by atoms with Crippen molar-refractivity contribution >= 4 is 34.2 Å².